The van der Waals surface area contributed by atoms with E-state index in [4.69, 9.17) is 42.7 Å². The van der Waals surface area contributed by atoms with E-state index in [1.165, 1.54) is 69.0 Å². The quantitative estimate of drug-likeness (QED) is 0.00500. The fourth-order valence-corrected chi connectivity index (χ4v) is 15.3. The summed E-state index contributed by atoms with van der Waals surface area (Å²) in [6.45, 7) is 0.397. The van der Waals surface area contributed by atoms with E-state index in [9.17, 15) is 71.9 Å². The van der Waals surface area contributed by atoms with Crippen LogP contribution >= 0.6 is 50.6 Å². The highest BCUT2D eigenvalue weighted by Gasteiger charge is 2.50. The summed E-state index contributed by atoms with van der Waals surface area (Å²) in [7, 11) is -10.1. The molecule has 8 amide bonds. The Labute approximate surface area is 590 Å². The second-order valence-electron chi connectivity index (χ2n) is 25.0. The number of rotatable bonds is 31. The number of hydrogen-bond donors (Lipinski definition) is 8. The fraction of sp³-hybridized carbons (Fsp3) is 0.357. The zero-order chi connectivity index (χ0) is 71.6. The van der Waals surface area contributed by atoms with Crippen LogP contribution in [0.15, 0.2) is 115 Å². The van der Waals surface area contributed by atoms with E-state index in [2.05, 4.69) is 16.0 Å². The minimum atomic E-state index is -5.06. The molecule has 2 fully saturated rings. The van der Waals surface area contributed by atoms with E-state index in [1.54, 1.807) is 91.2 Å². The van der Waals surface area contributed by atoms with E-state index in [0.717, 1.165) is 0 Å². The molecule has 1 saturated heterocycles. The minimum Gasteiger partial charge on any atom is -0.444 e. The van der Waals surface area contributed by atoms with Gasteiger partial charge in [0.1, 0.15) is 29.7 Å². The molecule has 30 heteroatoms. The highest BCUT2D eigenvalue weighted by atomic mass is 35.5. The van der Waals surface area contributed by atoms with Crippen LogP contribution in [0.4, 0.5) is 32.3 Å². The summed E-state index contributed by atoms with van der Waals surface area (Å²) in [6, 6.07) is 26.7. The standard InChI is InChI=1S/C70H75Cl2N7O18P2S/c1-100-58-36-63(84)77(67(58)86)31-9-3-2-4-17-59(80)70(28-11-29-70)60(81)33-45(12-10-30-74-68(73)87)66(85)75-48-24-19-43(20-25-48)41-95-69(88)76-53-32-42(21-26-61(82)78-39-46(37-71)64-51-15-7-5-13-49(51)56(34-54(64)78)96-98(89,90)91)18-22-44(53)23-27-62(83)79-40-47(38-72)65-52-16-8-6-14-50(52)57(35-55(65)79)97-99(92,93)94/h5-8,13-16,18-27,32,34-35,45-47,58H,2-4,9-12,17,28-31,33,36-41H2,1H3,(H,75,85)(H,76,88)(H3,73,74,87)(H2,89,90,91)(H2,92,93,94)/b26-21+,27-23+/t45-,46-,47-,58?/m1/s1. The van der Waals surface area contributed by atoms with Gasteiger partial charge in [-0.15, -0.1) is 23.2 Å². The van der Waals surface area contributed by atoms with Crippen molar-refractivity contribution in [3.8, 4) is 11.5 Å². The van der Waals surface area contributed by atoms with E-state index in [0.29, 0.717) is 119 Å². The maximum absolute atomic E-state index is 14.3. The van der Waals surface area contributed by atoms with Gasteiger partial charge in [-0.25, -0.2) is 18.7 Å². The molecule has 1 aliphatic carbocycles. The highest BCUT2D eigenvalue weighted by Crippen LogP contribution is 2.52. The molecule has 1 saturated carbocycles. The van der Waals surface area contributed by atoms with Crippen molar-refractivity contribution >= 4 is 160 Å². The number of fused-ring (bicyclic) bond motifs is 6. The summed E-state index contributed by atoms with van der Waals surface area (Å²) in [5, 5.41) is 9.72. The number of hydrogen-bond acceptors (Lipinski definition) is 15. The lowest BCUT2D eigenvalue weighted by molar-refractivity contribution is -0.148. The third-order valence-corrected chi connectivity index (χ3v) is 21.0. The number of unbranched alkanes of at least 4 members (excludes halogenated alkanes) is 3. The number of phosphoric ester groups is 2. The molecule has 25 nitrogen and oxygen atoms in total. The first-order valence-corrected chi connectivity index (χ1v) is 37.9. The molecular weight excluding hydrogens is 1390 g/mol. The molecule has 4 atom stereocenters. The molecule has 0 bridgehead atoms. The summed E-state index contributed by atoms with van der Waals surface area (Å²) < 4.78 is 40.1. The van der Waals surface area contributed by atoms with Crippen molar-refractivity contribution in [3.05, 3.63) is 143 Å². The summed E-state index contributed by atoms with van der Waals surface area (Å²) in [5.74, 6) is -4.18. The van der Waals surface area contributed by atoms with E-state index in [-0.39, 0.29) is 127 Å². The number of ketones is 2. The number of nitrogens with two attached hydrogens (primary N) is 1. The Hall–Kier alpha value is -8.42. The smallest absolute Gasteiger partial charge is 0.444 e. The summed E-state index contributed by atoms with van der Waals surface area (Å²) >= 11 is 14.3. The Balaban J connectivity index is 0.828. The number of phosphoric acid groups is 2. The van der Waals surface area contributed by atoms with Gasteiger partial charge in [0.15, 0.2) is 0 Å². The predicted molar refractivity (Wildman–Crippen MR) is 381 cm³/mol. The van der Waals surface area contributed by atoms with Gasteiger partial charge in [-0.2, -0.15) is 11.8 Å². The monoisotopic (exact) mass is 1470 g/mol. The van der Waals surface area contributed by atoms with Crippen LogP contribution in [0.25, 0.3) is 33.7 Å². The number of nitrogens with one attached hydrogen (secondary N) is 3. The van der Waals surface area contributed by atoms with E-state index < -0.39 is 56.8 Å². The highest BCUT2D eigenvalue weighted by molar-refractivity contribution is 8.00. The molecule has 528 valence electrons. The lowest BCUT2D eigenvalue weighted by Crippen LogP contribution is -2.46. The number of imide groups is 1. The number of Topliss-reactive ketones (excluding diaryl/α,β-unsaturated/α-hetero) is 2. The van der Waals surface area contributed by atoms with Gasteiger partial charge < -0.3 is 40.0 Å². The molecule has 100 heavy (non-hydrogen) atoms. The van der Waals surface area contributed by atoms with Crippen molar-refractivity contribution in [2.75, 3.05) is 64.6 Å². The van der Waals surface area contributed by atoms with Crippen molar-refractivity contribution in [2.45, 2.75) is 101 Å². The third kappa shape index (κ3) is 17.6. The normalized spacial score (nSPS) is 17.5. The van der Waals surface area contributed by atoms with Crippen molar-refractivity contribution in [2.24, 2.45) is 17.1 Å². The zero-order valence-corrected chi connectivity index (χ0v) is 58.5. The van der Waals surface area contributed by atoms with Gasteiger partial charge in [-0.05, 0) is 114 Å². The molecule has 6 aromatic rings. The van der Waals surface area contributed by atoms with E-state index in [1.807, 2.05) is 0 Å². The molecule has 3 aliphatic heterocycles. The summed E-state index contributed by atoms with van der Waals surface area (Å²) in [5.41, 5.74) is 7.69. The fourth-order valence-electron chi connectivity index (χ4n) is 13.3. The van der Waals surface area contributed by atoms with Crippen LogP contribution in [0, 0.1) is 11.3 Å². The number of carbonyl (C=O) groups is 9. The number of ether oxygens (including phenoxy) is 1. The average molecular weight is 1470 g/mol. The molecule has 9 N–H and O–H groups in total. The number of likely N-dealkylation sites (tertiary alicyclic amines) is 1. The predicted octanol–water partition coefficient (Wildman–Crippen LogP) is 11.6. The van der Waals surface area contributed by atoms with Gasteiger partial charge in [-0.3, -0.25) is 63.4 Å². The average Bonchev–Trinajstić information content (AvgIpc) is 1.55. The van der Waals surface area contributed by atoms with Crippen LogP contribution in [-0.4, -0.2) is 127 Å². The molecule has 0 aromatic heterocycles. The molecule has 6 aromatic carbocycles. The first-order chi connectivity index (χ1) is 47.8. The molecule has 3 heterocycles. The third-order valence-electron chi connectivity index (χ3n) is 18.5. The van der Waals surface area contributed by atoms with Crippen molar-refractivity contribution in [1.29, 1.82) is 0 Å². The summed E-state index contributed by atoms with van der Waals surface area (Å²) in [6.07, 6.45) is 10.8. The second-order valence-corrected chi connectivity index (χ2v) is 28.9. The number of urea groups is 1. The van der Waals surface area contributed by atoms with Gasteiger partial charge in [0.2, 0.25) is 17.7 Å². The van der Waals surface area contributed by atoms with Crippen molar-refractivity contribution < 1.29 is 85.6 Å². The molecule has 0 spiro atoms. The van der Waals surface area contributed by atoms with Crippen LogP contribution in [-0.2, 0) is 54.0 Å². The zero-order valence-electron chi connectivity index (χ0n) is 54.4. The Morgan fingerprint density at radius 1 is 0.710 bits per heavy atom. The number of primary amides is 1. The van der Waals surface area contributed by atoms with Crippen LogP contribution in [0.3, 0.4) is 0 Å². The molecular formula is C70H75Cl2N7O18P2S. The maximum Gasteiger partial charge on any atom is 0.524 e. The van der Waals surface area contributed by atoms with Crippen LogP contribution in [0.1, 0.15) is 117 Å². The van der Waals surface area contributed by atoms with Crippen molar-refractivity contribution in [1.82, 2.24) is 10.2 Å². The lowest BCUT2D eigenvalue weighted by Gasteiger charge is -2.39. The van der Waals surface area contributed by atoms with Gasteiger partial charge in [0, 0.05) is 116 Å². The lowest BCUT2D eigenvalue weighted by atomic mass is 9.61. The summed E-state index contributed by atoms with van der Waals surface area (Å²) in [4.78, 5) is 164. The number of benzene rings is 6. The molecule has 10 rings (SSSR count). The number of nitrogens with zero attached hydrogens (tertiary/aromatic N) is 3. The van der Waals surface area contributed by atoms with Crippen LogP contribution < -0.4 is 40.5 Å². The topological polar surface area (TPSA) is 368 Å². The number of halogens is 2. The molecule has 1 unspecified atom stereocenters. The van der Waals surface area contributed by atoms with Crippen LogP contribution in [0.2, 0.25) is 0 Å². The largest absolute Gasteiger partial charge is 0.524 e. The van der Waals surface area contributed by atoms with Gasteiger partial charge in [-0.1, -0.05) is 92.1 Å². The number of carbonyl (C=O) groups excluding carboxylic acids is 9. The first kappa shape index (κ1) is 74.3. The van der Waals surface area contributed by atoms with Crippen molar-refractivity contribution in [3.63, 3.8) is 0 Å². The second kappa shape index (κ2) is 32.5. The van der Waals surface area contributed by atoms with Crippen LogP contribution in [0.5, 0.6) is 11.5 Å². The van der Waals surface area contributed by atoms with Gasteiger partial charge >= 0.3 is 27.8 Å². The Kier molecular flexibility index (Phi) is 24.1. The molecule has 4 aliphatic rings. The van der Waals surface area contributed by atoms with Gasteiger partial charge in [0.05, 0.1) is 27.7 Å². The number of anilines is 4. The minimum absolute atomic E-state index is 0.0927. The number of alkyl halides is 2. The number of thioether (sulfide) groups is 1. The Morgan fingerprint density at radius 2 is 1.28 bits per heavy atom. The maximum atomic E-state index is 14.3. The first-order valence-electron chi connectivity index (χ1n) is 32.5. The number of amides is 8. The molecule has 0 radical (unpaired) electrons. The van der Waals surface area contributed by atoms with Gasteiger partial charge in [0.25, 0.3) is 11.8 Å². The van der Waals surface area contributed by atoms with E-state index >= 15 is 0 Å². The SMILES string of the molecule is CSC1CC(=O)N(CCCCCCC(=O)C2(C(=O)C[C@@H](CCCNC(N)=O)C(=O)Nc3ccc(COC(=O)Nc4cc(/C=C/C(=O)N5C[C@@H](CCl)c6c5cc(OP(=O)(O)O)c5ccccc65)ccc4/C=C/C(=O)N4C[C@@H](CCl)c5c4cc(OP(=O)(O)O)c4ccccc54)cc3)CCC2)C1=O. The Morgan fingerprint density at radius 3 is 1.81 bits per heavy atom. The Bertz CT molecular complexity index is 4350.